The second kappa shape index (κ2) is 12.1. The number of hydrogen-bond acceptors (Lipinski definition) is 6. The smallest absolute Gasteiger partial charge is 0.548 e. The maximum absolute atomic E-state index is 10.4. The fourth-order valence-electron chi connectivity index (χ4n) is 1.23. The van der Waals surface area contributed by atoms with Crippen LogP contribution in [0.4, 0.5) is 0 Å². The summed E-state index contributed by atoms with van der Waals surface area (Å²) in [6.45, 7) is 0. The summed E-state index contributed by atoms with van der Waals surface area (Å²) in [5.74, 6) is -3.75. The van der Waals surface area contributed by atoms with Gasteiger partial charge in [0.1, 0.15) is 6.04 Å². The van der Waals surface area contributed by atoms with E-state index in [1.165, 1.54) is 0 Å². The first-order chi connectivity index (χ1) is 9.73. The van der Waals surface area contributed by atoms with Gasteiger partial charge in [0.05, 0.1) is 18.4 Å². The second-order valence-electron chi connectivity index (χ2n) is 4.16. The molecule has 0 aliphatic carbocycles. The summed E-state index contributed by atoms with van der Waals surface area (Å²) < 4.78 is 0. The van der Waals surface area contributed by atoms with Crippen molar-refractivity contribution in [3.63, 3.8) is 0 Å². The Morgan fingerprint density at radius 3 is 1.86 bits per heavy atom. The Morgan fingerprint density at radius 2 is 1.55 bits per heavy atom. The van der Waals surface area contributed by atoms with E-state index in [9.17, 15) is 19.5 Å². The fraction of sp³-hybridized carbons (Fsp3) is 0.308. The molecule has 0 aliphatic heterocycles. The first kappa shape index (κ1) is 22.8. The molecule has 0 heterocycles. The zero-order valence-corrected chi connectivity index (χ0v) is 14.1. The largest absolute Gasteiger partial charge is 1.00 e. The van der Waals surface area contributed by atoms with Gasteiger partial charge in [0.25, 0.3) is 0 Å². The van der Waals surface area contributed by atoms with E-state index in [4.69, 9.17) is 21.7 Å². The molecule has 8 nitrogen and oxygen atoms in total. The summed E-state index contributed by atoms with van der Waals surface area (Å²) >= 11 is 0. The molecule has 6 N–H and O–H groups in total. The molecular weight excluding hydrogens is 303 g/mol. The van der Waals surface area contributed by atoms with Crippen LogP contribution >= 0.6 is 0 Å². The molecule has 1 aromatic carbocycles. The van der Waals surface area contributed by atoms with Crippen molar-refractivity contribution < 1.29 is 59.3 Å². The minimum absolute atomic E-state index is 0. The van der Waals surface area contributed by atoms with Crippen LogP contribution in [-0.4, -0.2) is 40.2 Å². The average Bonchev–Trinajstić information content (AvgIpc) is 2.39. The van der Waals surface area contributed by atoms with Gasteiger partial charge in [-0.15, -0.1) is 0 Å². The van der Waals surface area contributed by atoms with Gasteiger partial charge in [-0.2, -0.15) is 0 Å². The van der Waals surface area contributed by atoms with Gasteiger partial charge in [0, 0.05) is 0 Å². The van der Waals surface area contributed by atoms with Crippen LogP contribution in [0.5, 0.6) is 0 Å². The maximum atomic E-state index is 10.4. The van der Waals surface area contributed by atoms with Crippen molar-refractivity contribution in [2.45, 2.75) is 24.9 Å². The van der Waals surface area contributed by atoms with Crippen LogP contribution in [0.3, 0.4) is 0 Å². The van der Waals surface area contributed by atoms with Crippen LogP contribution in [-0.2, 0) is 20.8 Å². The SMILES string of the molecule is N[C@@H](CC(=O)O)C(=O)[O-].N[C@@H](Cc1ccccc1)C(=O)O.[Na+]. The Balaban J connectivity index is 0. The molecule has 1 rings (SSSR count). The van der Waals surface area contributed by atoms with Crippen molar-refractivity contribution in [1.82, 2.24) is 0 Å². The molecule has 9 heteroatoms. The molecule has 0 radical (unpaired) electrons. The van der Waals surface area contributed by atoms with E-state index in [0.29, 0.717) is 6.42 Å². The molecule has 116 valence electrons. The minimum atomic E-state index is -1.54. The van der Waals surface area contributed by atoms with E-state index in [1.54, 1.807) is 0 Å². The van der Waals surface area contributed by atoms with E-state index < -0.39 is 36.4 Å². The first-order valence-corrected chi connectivity index (χ1v) is 5.94. The van der Waals surface area contributed by atoms with Gasteiger partial charge < -0.3 is 31.6 Å². The minimum Gasteiger partial charge on any atom is -0.548 e. The van der Waals surface area contributed by atoms with E-state index in [1.807, 2.05) is 30.3 Å². The molecule has 22 heavy (non-hydrogen) atoms. The Hall–Kier alpha value is -1.45. The van der Waals surface area contributed by atoms with Gasteiger partial charge in [-0.05, 0) is 12.0 Å². The second-order valence-corrected chi connectivity index (χ2v) is 4.16. The molecule has 0 aromatic heterocycles. The van der Waals surface area contributed by atoms with Gasteiger partial charge >= 0.3 is 41.5 Å². The standard InChI is InChI=1S/C9H11NO2.C4H7NO4.Na/c10-8(9(11)12)6-7-4-2-1-3-5-7;5-2(4(8)9)1-3(6)7;/h1-5,8H,6,10H2,(H,11,12);2H,1,5H2,(H,6,7)(H,8,9);/q;;+1/p-1/t8-;2-;/m00./s1. The molecule has 1 aromatic rings. The number of carbonyl (C=O) groups excluding carboxylic acids is 1. The third-order valence-corrected chi connectivity index (χ3v) is 2.31. The molecule has 0 aliphatic rings. The van der Waals surface area contributed by atoms with Crippen LogP contribution in [0, 0.1) is 0 Å². The topological polar surface area (TPSA) is 167 Å². The predicted octanol–water partition coefficient (Wildman–Crippen LogP) is -4.82. The third kappa shape index (κ3) is 11.2. The predicted molar refractivity (Wildman–Crippen MR) is 71.0 cm³/mol. The van der Waals surface area contributed by atoms with Gasteiger partial charge in [0.2, 0.25) is 0 Å². The van der Waals surface area contributed by atoms with Gasteiger partial charge in [-0.1, -0.05) is 30.3 Å². The summed E-state index contributed by atoms with van der Waals surface area (Å²) in [5.41, 5.74) is 11.1. The number of carboxylic acid groups (broad SMARTS) is 3. The molecule has 0 amide bonds. The monoisotopic (exact) mass is 320 g/mol. The van der Waals surface area contributed by atoms with Crippen LogP contribution in [0.25, 0.3) is 0 Å². The summed E-state index contributed by atoms with van der Waals surface area (Å²) in [4.78, 5) is 29.9. The van der Waals surface area contributed by atoms with Gasteiger partial charge in [-0.3, -0.25) is 9.59 Å². The van der Waals surface area contributed by atoms with Crippen molar-refractivity contribution in [2.24, 2.45) is 11.5 Å². The van der Waals surface area contributed by atoms with Crippen molar-refractivity contribution in [2.75, 3.05) is 0 Å². The van der Waals surface area contributed by atoms with E-state index in [0.717, 1.165) is 5.56 Å². The molecule has 0 saturated heterocycles. The summed E-state index contributed by atoms with van der Waals surface area (Å²) in [6, 6.07) is 7.14. The van der Waals surface area contributed by atoms with E-state index in [2.05, 4.69) is 0 Å². The number of rotatable bonds is 6. The number of carboxylic acids is 3. The first-order valence-electron chi connectivity index (χ1n) is 5.94. The molecule has 0 unspecified atom stereocenters. The van der Waals surface area contributed by atoms with Crippen LogP contribution < -0.4 is 46.1 Å². The molecular formula is C13H17N2NaO6. The zero-order valence-electron chi connectivity index (χ0n) is 12.1. The van der Waals surface area contributed by atoms with Crippen LogP contribution in [0.15, 0.2) is 30.3 Å². The quantitative estimate of drug-likeness (QED) is 0.379. The van der Waals surface area contributed by atoms with Crippen molar-refractivity contribution in [1.29, 1.82) is 0 Å². The van der Waals surface area contributed by atoms with Crippen molar-refractivity contribution >= 4 is 17.9 Å². The Bertz CT molecular complexity index is 483. The van der Waals surface area contributed by atoms with Crippen molar-refractivity contribution in [3.8, 4) is 0 Å². The van der Waals surface area contributed by atoms with Gasteiger partial charge in [-0.25, -0.2) is 0 Å². The zero-order chi connectivity index (χ0) is 16.4. The number of carbonyl (C=O) groups is 3. The molecule has 0 saturated carbocycles. The molecule has 0 fully saturated rings. The Kier molecular flexibility index (Phi) is 12.6. The summed E-state index contributed by atoms with van der Waals surface area (Å²) in [7, 11) is 0. The van der Waals surface area contributed by atoms with Gasteiger partial charge in [0.15, 0.2) is 0 Å². The van der Waals surface area contributed by atoms with E-state index >= 15 is 0 Å². The Labute approximate surface area is 149 Å². The molecule has 0 spiro atoms. The van der Waals surface area contributed by atoms with Crippen molar-refractivity contribution in [3.05, 3.63) is 35.9 Å². The number of nitrogens with two attached hydrogens (primary N) is 2. The maximum Gasteiger partial charge on any atom is 1.00 e. The molecule has 0 bridgehead atoms. The van der Waals surface area contributed by atoms with Crippen LogP contribution in [0.2, 0.25) is 0 Å². The summed E-state index contributed by atoms with van der Waals surface area (Å²) in [6.07, 6.45) is -0.210. The van der Waals surface area contributed by atoms with E-state index in [-0.39, 0.29) is 29.6 Å². The third-order valence-electron chi connectivity index (χ3n) is 2.31. The normalized spacial score (nSPS) is 11.9. The Morgan fingerprint density at radius 1 is 1.05 bits per heavy atom. The number of hydrogen-bond donors (Lipinski definition) is 4. The molecule has 2 atom stereocenters. The van der Waals surface area contributed by atoms with Crippen LogP contribution in [0.1, 0.15) is 12.0 Å². The average molecular weight is 320 g/mol. The summed E-state index contributed by atoms with van der Waals surface area (Å²) in [5, 5.41) is 26.2. The number of benzene rings is 1. The fourth-order valence-corrected chi connectivity index (χ4v) is 1.23. The number of aliphatic carboxylic acids is 3.